The number of nitrogens with one attached hydrogen (secondary N) is 1. The van der Waals surface area contributed by atoms with Crippen molar-refractivity contribution in [2.75, 3.05) is 24.5 Å². The third-order valence-electron chi connectivity index (χ3n) is 6.02. The van der Waals surface area contributed by atoms with Crippen molar-refractivity contribution >= 4 is 23.5 Å². The summed E-state index contributed by atoms with van der Waals surface area (Å²) in [7, 11) is 0. The van der Waals surface area contributed by atoms with E-state index in [4.69, 9.17) is 4.98 Å². The predicted molar refractivity (Wildman–Crippen MR) is 115 cm³/mol. The highest BCUT2D eigenvalue weighted by Gasteiger charge is 2.36. The van der Waals surface area contributed by atoms with Crippen molar-refractivity contribution in [2.24, 2.45) is 0 Å². The molecule has 1 aromatic heterocycles. The van der Waals surface area contributed by atoms with E-state index in [0.717, 1.165) is 12.0 Å². The zero-order valence-corrected chi connectivity index (χ0v) is 18.2. The summed E-state index contributed by atoms with van der Waals surface area (Å²) < 4.78 is 14.0. The molecule has 2 aromatic rings. The molecule has 2 aliphatic rings. The zero-order valence-electron chi connectivity index (χ0n) is 18.2. The van der Waals surface area contributed by atoms with E-state index in [-0.39, 0.29) is 42.5 Å². The first kappa shape index (κ1) is 21.9. The highest BCUT2D eigenvalue weighted by Crippen LogP contribution is 2.35. The van der Waals surface area contributed by atoms with E-state index in [1.807, 2.05) is 6.92 Å². The average Bonchev–Trinajstić information content (AvgIpc) is 3.36. The van der Waals surface area contributed by atoms with Gasteiger partial charge in [0.2, 0.25) is 17.7 Å². The van der Waals surface area contributed by atoms with Gasteiger partial charge in [-0.2, -0.15) is 0 Å². The van der Waals surface area contributed by atoms with Gasteiger partial charge < -0.3 is 10.2 Å². The highest BCUT2D eigenvalue weighted by molar-refractivity contribution is 6.00. The largest absolute Gasteiger partial charge is 0.347 e. The molecule has 1 N–H and O–H groups in total. The summed E-state index contributed by atoms with van der Waals surface area (Å²) in [6.07, 6.45) is 2.12. The van der Waals surface area contributed by atoms with Gasteiger partial charge in [-0.05, 0) is 37.8 Å². The number of amides is 3. The minimum atomic E-state index is -0.302. The number of aryl methyl sites for hydroxylation is 1. The van der Waals surface area contributed by atoms with Gasteiger partial charge in [0.05, 0.1) is 19.0 Å². The van der Waals surface area contributed by atoms with Crippen LogP contribution in [0.2, 0.25) is 0 Å². The van der Waals surface area contributed by atoms with Crippen LogP contribution in [0, 0.1) is 12.7 Å². The smallest absolute Gasteiger partial charge is 0.242 e. The van der Waals surface area contributed by atoms with Gasteiger partial charge in [0.15, 0.2) is 5.82 Å². The Morgan fingerprint density at radius 3 is 2.78 bits per heavy atom. The zero-order chi connectivity index (χ0) is 22.8. The fourth-order valence-electron chi connectivity index (χ4n) is 4.35. The SMILES string of the molecule is CC(=O)NCC(=O)N1CCCC1c1nc(C)c2c(n1)N(CCc1ccccc1F)C(=O)C2. The lowest BCUT2D eigenvalue weighted by Crippen LogP contribution is -2.39. The molecule has 168 valence electrons. The van der Waals surface area contributed by atoms with Crippen molar-refractivity contribution in [3.05, 3.63) is 52.7 Å². The fraction of sp³-hybridized carbons (Fsp3) is 0.435. The summed E-state index contributed by atoms with van der Waals surface area (Å²) in [5.74, 6) is 0.226. The average molecular weight is 439 g/mol. The quantitative estimate of drug-likeness (QED) is 0.741. The van der Waals surface area contributed by atoms with Gasteiger partial charge in [-0.15, -0.1) is 0 Å². The molecule has 3 heterocycles. The molecule has 4 rings (SSSR count). The van der Waals surface area contributed by atoms with Gasteiger partial charge >= 0.3 is 0 Å². The Balaban J connectivity index is 1.57. The van der Waals surface area contributed by atoms with Crippen molar-refractivity contribution in [1.82, 2.24) is 20.2 Å². The molecular weight excluding hydrogens is 413 g/mol. The molecule has 3 amide bonds. The molecule has 1 unspecified atom stereocenters. The van der Waals surface area contributed by atoms with E-state index in [1.165, 1.54) is 13.0 Å². The summed E-state index contributed by atoms with van der Waals surface area (Å²) >= 11 is 0. The second kappa shape index (κ2) is 9.02. The summed E-state index contributed by atoms with van der Waals surface area (Å²) in [5.41, 5.74) is 2.04. The van der Waals surface area contributed by atoms with Crippen molar-refractivity contribution < 1.29 is 18.8 Å². The van der Waals surface area contributed by atoms with E-state index in [1.54, 1.807) is 28.0 Å². The van der Waals surface area contributed by atoms with Gasteiger partial charge in [-0.3, -0.25) is 19.3 Å². The van der Waals surface area contributed by atoms with E-state index in [0.29, 0.717) is 48.8 Å². The molecule has 1 fully saturated rings. The van der Waals surface area contributed by atoms with Crippen molar-refractivity contribution in [2.45, 2.75) is 45.6 Å². The van der Waals surface area contributed by atoms with Gasteiger partial charge in [0.25, 0.3) is 0 Å². The number of likely N-dealkylation sites (tertiary alicyclic amines) is 1. The second-order valence-corrected chi connectivity index (χ2v) is 8.19. The summed E-state index contributed by atoms with van der Waals surface area (Å²) in [6.45, 7) is 4.03. The number of hydrogen-bond donors (Lipinski definition) is 1. The first-order valence-corrected chi connectivity index (χ1v) is 10.8. The maximum Gasteiger partial charge on any atom is 0.242 e. The van der Waals surface area contributed by atoms with Crippen LogP contribution in [0.3, 0.4) is 0 Å². The summed E-state index contributed by atoms with van der Waals surface area (Å²) in [6, 6.07) is 6.23. The lowest BCUT2D eigenvalue weighted by molar-refractivity contribution is -0.133. The van der Waals surface area contributed by atoms with Crippen molar-refractivity contribution in [1.29, 1.82) is 0 Å². The first-order valence-electron chi connectivity index (χ1n) is 10.8. The third-order valence-corrected chi connectivity index (χ3v) is 6.02. The molecule has 0 radical (unpaired) electrons. The first-order chi connectivity index (χ1) is 15.3. The van der Waals surface area contributed by atoms with Crippen molar-refractivity contribution in [3.63, 3.8) is 0 Å². The maximum atomic E-state index is 14.0. The summed E-state index contributed by atoms with van der Waals surface area (Å²) in [5, 5.41) is 2.54. The minimum absolute atomic E-state index is 0.0665. The standard InChI is InChI=1S/C23H26FN5O3/c1-14-17-12-20(31)29(11-9-16-6-3-4-7-18(16)24)23(17)27-22(26-14)19-8-5-10-28(19)21(32)13-25-15(2)30/h3-4,6-7,19H,5,8-13H2,1-2H3,(H,25,30). The predicted octanol–water partition coefficient (Wildman–Crippen LogP) is 1.86. The Morgan fingerprint density at radius 2 is 2.03 bits per heavy atom. The highest BCUT2D eigenvalue weighted by atomic mass is 19.1. The fourth-order valence-corrected chi connectivity index (χ4v) is 4.35. The van der Waals surface area contributed by atoms with E-state index in [2.05, 4.69) is 10.3 Å². The monoisotopic (exact) mass is 439 g/mol. The molecular formula is C23H26FN5O3. The van der Waals surface area contributed by atoms with Crippen LogP contribution in [0.5, 0.6) is 0 Å². The van der Waals surface area contributed by atoms with E-state index in [9.17, 15) is 18.8 Å². The minimum Gasteiger partial charge on any atom is -0.347 e. The van der Waals surface area contributed by atoms with Gasteiger partial charge in [-0.1, -0.05) is 18.2 Å². The van der Waals surface area contributed by atoms with Crippen molar-refractivity contribution in [3.8, 4) is 0 Å². The number of fused-ring (bicyclic) bond motifs is 1. The Kier molecular flexibility index (Phi) is 6.16. The topological polar surface area (TPSA) is 95.5 Å². The van der Waals surface area contributed by atoms with E-state index >= 15 is 0 Å². The molecule has 9 heteroatoms. The van der Waals surface area contributed by atoms with E-state index < -0.39 is 0 Å². The van der Waals surface area contributed by atoms with Gasteiger partial charge in [-0.25, -0.2) is 14.4 Å². The molecule has 0 spiro atoms. The molecule has 0 bridgehead atoms. The Labute approximate surface area is 185 Å². The molecule has 8 nitrogen and oxygen atoms in total. The number of nitrogens with zero attached hydrogens (tertiary/aromatic N) is 4. The number of benzene rings is 1. The molecule has 1 saturated heterocycles. The Morgan fingerprint density at radius 1 is 1.25 bits per heavy atom. The van der Waals surface area contributed by atoms with Crippen LogP contribution < -0.4 is 10.2 Å². The lowest BCUT2D eigenvalue weighted by Gasteiger charge is -2.25. The molecule has 1 atom stereocenters. The van der Waals surface area contributed by atoms with Crippen LogP contribution in [0.15, 0.2) is 24.3 Å². The Hall–Kier alpha value is -3.36. The molecule has 0 saturated carbocycles. The lowest BCUT2D eigenvalue weighted by atomic mass is 10.1. The molecule has 32 heavy (non-hydrogen) atoms. The van der Waals surface area contributed by atoms with Crippen LogP contribution in [0.4, 0.5) is 10.2 Å². The van der Waals surface area contributed by atoms with Crippen LogP contribution in [-0.2, 0) is 27.2 Å². The van der Waals surface area contributed by atoms with Crippen LogP contribution in [-0.4, -0.2) is 52.2 Å². The summed E-state index contributed by atoms with van der Waals surface area (Å²) in [4.78, 5) is 49.1. The third kappa shape index (κ3) is 4.32. The number of aromatic nitrogens is 2. The number of rotatable bonds is 6. The van der Waals surface area contributed by atoms with Crippen LogP contribution in [0.25, 0.3) is 0 Å². The number of carbonyl (C=O) groups is 3. The normalized spacial score (nSPS) is 17.6. The molecule has 1 aromatic carbocycles. The second-order valence-electron chi connectivity index (χ2n) is 8.19. The van der Waals surface area contributed by atoms with Gasteiger partial charge in [0.1, 0.15) is 11.6 Å². The maximum absolute atomic E-state index is 14.0. The van der Waals surface area contributed by atoms with Crippen LogP contribution >= 0.6 is 0 Å². The number of halogens is 1. The Bertz CT molecular complexity index is 1070. The number of hydrogen-bond acceptors (Lipinski definition) is 5. The molecule has 2 aliphatic heterocycles. The number of carbonyl (C=O) groups excluding carboxylic acids is 3. The number of anilines is 1. The molecule has 0 aliphatic carbocycles. The van der Waals surface area contributed by atoms with Gasteiger partial charge in [0, 0.05) is 31.3 Å². The van der Waals surface area contributed by atoms with Crippen LogP contribution in [0.1, 0.15) is 48.5 Å².